The van der Waals surface area contributed by atoms with Crippen LogP contribution in [0.25, 0.3) is 0 Å². The molecule has 0 aliphatic carbocycles. The number of hydrogen-bond donors (Lipinski definition) is 2. The Bertz CT molecular complexity index is 893. The summed E-state index contributed by atoms with van der Waals surface area (Å²) in [5, 5.41) is 7.67. The molecule has 1 aliphatic heterocycles. The molecule has 4 rings (SSSR count). The highest BCUT2D eigenvalue weighted by atomic mass is 19.1. The van der Waals surface area contributed by atoms with E-state index in [2.05, 4.69) is 15.4 Å². The fourth-order valence-electron chi connectivity index (χ4n) is 3.23. The van der Waals surface area contributed by atoms with E-state index in [1.807, 2.05) is 24.3 Å². The van der Waals surface area contributed by atoms with Crippen LogP contribution in [0.15, 0.2) is 48.5 Å². The number of nitrogen functional groups attached to an aromatic ring is 1. The molecule has 0 amide bonds. The van der Waals surface area contributed by atoms with E-state index in [9.17, 15) is 4.39 Å². The predicted molar refractivity (Wildman–Crippen MR) is 92.9 cm³/mol. The summed E-state index contributed by atoms with van der Waals surface area (Å²) in [5.41, 5.74) is 7.83. The molecule has 25 heavy (non-hydrogen) atoms. The van der Waals surface area contributed by atoms with Gasteiger partial charge in [-0.3, -0.25) is 0 Å². The third-order valence-corrected chi connectivity index (χ3v) is 4.46. The molecule has 128 valence electrons. The second-order valence-corrected chi connectivity index (χ2v) is 6.01. The third-order valence-electron chi connectivity index (χ3n) is 4.46. The molecule has 6 nitrogen and oxygen atoms in total. The highest BCUT2D eigenvalue weighted by Gasteiger charge is 2.31. The average molecular weight is 339 g/mol. The maximum atomic E-state index is 13.3. The van der Waals surface area contributed by atoms with Crippen molar-refractivity contribution in [3.8, 4) is 5.75 Å². The van der Waals surface area contributed by atoms with Gasteiger partial charge in [-0.1, -0.05) is 24.3 Å². The molecule has 0 radical (unpaired) electrons. The largest absolute Gasteiger partial charge is 0.497 e. The van der Waals surface area contributed by atoms with Crippen molar-refractivity contribution in [2.45, 2.75) is 18.5 Å². The van der Waals surface area contributed by atoms with Gasteiger partial charge in [-0.25, -0.2) is 9.07 Å². The number of hydrogen-bond acceptors (Lipinski definition) is 5. The SMILES string of the molecule is COc1cccc([C@H]2C[C@@H](c3ccc(F)cc3)n3nc(N)nc3N2)c1. The van der Waals surface area contributed by atoms with Gasteiger partial charge in [0.1, 0.15) is 11.6 Å². The van der Waals surface area contributed by atoms with Gasteiger partial charge in [-0.05, 0) is 41.8 Å². The minimum Gasteiger partial charge on any atom is -0.497 e. The van der Waals surface area contributed by atoms with E-state index in [0.717, 1.165) is 23.3 Å². The van der Waals surface area contributed by atoms with Crippen LogP contribution in [0, 0.1) is 5.82 Å². The standard InChI is InChI=1S/C18H18FN5O/c1-25-14-4-2-3-12(9-14)15-10-16(11-5-7-13(19)8-6-11)24-18(21-15)22-17(20)23-24/h2-9,15-16H,10H2,1H3,(H3,20,21,22,23)/t15-,16+/m1/s1. The number of nitrogens with one attached hydrogen (secondary N) is 1. The number of nitrogens with zero attached hydrogens (tertiary/aromatic N) is 3. The van der Waals surface area contributed by atoms with E-state index in [0.29, 0.717) is 5.95 Å². The van der Waals surface area contributed by atoms with Gasteiger partial charge in [0.2, 0.25) is 11.9 Å². The van der Waals surface area contributed by atoms with Crippen LogP contribution in [0.1, 0.15) is 29.6 Å². The normalized spacial score (nSPS) is 19.1. The van der Waals surface area contributed by atoms with E-state index in [1.54, 1.807) is 23.9 Å². The first-order valence-corrected chi connectivity index (χ1v) is 8.02. The van der Waals surface area contributed by atoms with Crippen molar-refractivity contribution < 1.29 is 9.13 Å². The number of anilines is 2. The Balaban J connectivity index is 1.74. The number of halogens is 1. The van der Waals surface area contributed by atoms with Crippen molar-refractivity contribution in [3.63, 3.8) is 0 Å². The molecule has 0 fully saturated rings. The summed E-state index contributed by atoms with van der Waals surface area (Å²) >= 11 is 0. The lowest BCUT2D eigenvalue weighted by Crippen LogP contribution is -2.28. The van der Waals surface area contributed by atoms with Crippen molar-refractivity contribution in [3.05, 3.63) is 65.5 Å². The van der Waals surface area contributed by atoms with Crippen LogP contribution in [0.2, 0.25) is 0 Å². The van der Waals surface area contributed by atoms with Crippen LogP contribution in [-0.4, -0.2) is 21.9 Å². The van der Waals surface area contributed by atoms with Gasteiger partial charge in [0.15, 0.2) is 0 Å². The van der Waals surface area contributed by atoms with Gasteiger partial charge < -0.3 is 15.8 Å². The highest BCUT2D eigenvalue weighted by molar-refractivity contribution is 5.43. The van der Waals surface area contributed by atoms with Crippen molar-refractivity contribution >= 4 is 11.9 Å². The maximum Gasteiger partial charge on any atom is 0.241 e. The summed E-state index contributed by atoms with van der Waals surface area (Å²) in [6, 6.07) is 14.3. The van der Waals surface area contributed by atoms with E-state index in [1.165, 1.54) is 12.1 Å². The fourth-order valence-corrected chi connectivity index (χ4v) is 3.23. The molecular formula is C18H18FN5O. The van der Waals surface area contributed by atoms with Crippen LogP contribution in [-0.2, 0) is 0 Å². The number of ether oxygens (including phenoxy) is 1. The molecule has 3 aromatic rings. The Hall–Kier alpha value is -3.09. The van der Waals surface area contributed by atoms with Gasteiger partial charge in [0.05, 0.1) is 19.2 Å². The number of benzene rings is 2. The number of rotatable bonds is 3. The predicted octanol–water partition coefficient (Wildman–Crippen LogP) is 3.15. The maximum absolute atomic E-state index is 13.3. The molecule has 3 N–H and O–H groups in total. The van der Waals surface area contributed by atoms with Gasteiger partial charge in [0, 0.05) is 0 Å². The van der Waals surface area contributed by atoms with E-state index >= 15 is 0 Å². The van der Waals surface area contributed by atoms with E-state index in [4.69, 9.17) is 10.5 Å². The molecule has 2 aromatic carbocycles. The molecule has 0 bridgehead atoms. The molecule has 7 heteroatoms. The fraction of sp³-hybridized carbons (Fsp3) is 0.222. The second-order valence-electron chi connectivity index (χ2n) is 6.01. The van der Waals surface area contributed by atoms with Crippen LogP contribution >= 0.6 is 0 Å². The van der Waals surface area contributed by atoms with Gasteiger partial charge in [0.25, 0.3) is 0 Å². The van der Waals surface area contributed by atoms with Gasteiger partial charge in [-0.2, -0.15) is 4.98 Å². The smallest absolute Gasteiger partial charge is 0.241 e. The first-order valence-electron chi connectivity index (χ1n) is 8.02. The minimum atomic E-state index is -0.264. The summed E-state index contributed by atoms with van der Waals surface area (Å²) in [7, 11) is 1.64. The molecule has 0 spiro atoms. The Morgan fingerprint density at radius 3 is 2.76 bits per heavy atom. The minimum absolute atomic E-state index is 0.0150. The van der Waals surface area contributed by atoms with Crippen LogP contribution in [0.5, 0.6) is 5.75 Å². The first kappa shape index (κ1) is 15.4. The van der Waals surface area contributed by atoms with Crippen molar-refractivity contribution in [2.75, 3.05) is 18.2 Å². The Kier molecular flexibility index (Phi) is 3.76. The Morgan fingerprint density at radius 1 is 1.20 bits per heavy atom. The molecule has 0 unspecified atom stereocenters. The van der Waals surface area contributed by atoms with Gasteiger partial charge >= 0.3 is 0 Å². The summed E-state index contributed by atoms with van der Waals surface area (Å²) in [5.74, 6) is 1.34. The average Bonchev–Trinajstić information content (AvgIpc) is 3.02. The molecular weight excluding hydrogens is 321 g/mol. The zero-order chi connectivity index (χ0) is 17.4. The van der Waals surface area contributed by atoms with E-state index in [-0.39, 0.29) is 23.8 Å². The molecule has 1 aliphatic rings. The Labute approximate surface area is 144 Å². The van der Waals surface area contributed by atoms with Crippen molar-refractivity contribution in [2.24, 2.45) is 0 Å². The molecule has 0 saturated carbocycles. The number of fused-ring (bicyclic) bond motifs is 1. The Morgan fingerprint density at radius 2 is 2.00 bits per heavy atom. The molecule has 2 heterocycles. The summed E-state index contributed by atoms with van der Waals surface area (Å²) in [6.45, 7) is 0. The topological polar surface area (TPSA) is 78.0 Å². The summed E-state index contributed by atoms with van der Waals surface area (Å²) < 4.78 is 20.4. The number of nitrogens with two attached hydrogens (primary N) is 1. The quantitative estimate of drug-likeness (QED) is 0.766. The van der Waals surface area contributed by atoms with Crippen molar-refractivity contribution in [1.29, 1.82) is 0 Å². The molecule has 2 atom stereocenters. The zero-order valence-corrected chi connectivity index (χ0v) is 13.7. The molecule has 0 saturated heterocycles. The lowest BCUT2D eigenvalue weighted by Gasteiger charge is -2.31. The second kappa shape index (κ2) is 6.08. The highest BCUT2D eigenvalue weighted by Crippen LogP contribution is 2.38. The third kappa shape index (κ3) is 2.88. The van der Waals surface area contributed by atoms with Crippen LogP contribution in [0.4, 0.5) is 16.3 Å². The number of aromatic nitrogens is 3. The lowest BCUT2D eigenvalue weighted by molar-refractivity contribution is 0.410. The van der Waals surface area contributed by atoms with Crippen molar-refractivity contribution in [1.82, 2.24) is 14.8 Å². The van der Waals surface area contributed by atoms with E-state index < -0.39 is 0 Å². The van der Waals surface area contributed by atoms with Gasteiger partial charge in [-0.15, -0.1) is 5.10 Å². The number of methoxy groups -OCH3 is 1. The monoisotopic (exact) mass is 339 g/mol. The molecule has 1 aromatic heterocycles. The lowest BCUT2D eigenvalue weighted by atomic mass is 9.93. The van der Waals surface area contributed by atoms with Crippen LogP contribution < -0.4 is 15.8 Å². The first-order chi connectivity index (χ1) is 12.1. The van der Waals surface area contributed by atoms with Crippen LogP contribution in [0.3, 0.4) is 0 Å². The summed E-state index contributed by atoms with van der Waals surface area (Å²) in [6.07, 6.45) is 0.731. The summed E-state index contributed by atoms with van der Waals surface area (Å²) in [4.78, 5) is 4.28. The zero-order valence-electron chi connectivity index (χ0n) is 13.7.